The summed E-state index contributed by atoms with van der Waals surface area (Å²) in [4.78, 5) is 0. The van der Waals surface area contributed by atoms with Crippen molar-refractivity contribution in [1.82, 2.24) is 0 Å². The molecule has 6 N–H and O–H groups in total. The highest BCUT2D eigenvalue weighted by Gasteiger charge is 2.37. The second-order valence-corrected chi connectivity index (χ2v) is 9.05. The first-order valence-corrected chi connectivity index (χ1v) is 7.64. The van der Waals surface area contributed by atoms with Crippen molar-refractivity contribution in [2.45, 2.75) is 79.3 Å². The maximum absolute atomic E-state index is 7.86. The molecule has 0 aromatic heterocycles. The van der Waals surface area contributed by atoms with E-state index in [0.29, 0.717) is 12.8 Å². The Morgan fingerprint density at radius 2 is 0.875 bits per heavy atom. The molecule has 0 bridgehead atoms. The first-order chi connectivity index (χ1) is 9.51. The molecule has 2 unspecified atom stereocenters. The third kappa shape index (κ3) is 9.42. The topological polar surface area (TPSA) is 124 Å². The van der Waals surface area contributed by atoms with E-state index in [1.54, 1.807) is 0 Å². The molecule has 0 aliphatic heterocycles. The van der Waals surface area contributed by atoms with E-state index in [9.17, 15) is 0 Å². The van der Waals surface area contributed by atoms with Crippen LogP contribution < -0.4 is 11.5 Å². The van der Waals surface area contributed by atoms with Crippen LogP contribution in [-0.2, 0) is 0 Å². The second-order valence-electron chi connectivity index (χ2n) is 9.05. The summed E-state index contributed by atoms with van der Waals surface area (Å²) < 4.78 is 0. The number of hydrogen-bond donors (Lipinski definition) is 4. The lowest BCUT2D eigenvalue weighted by Crippen LogP contribution is -2.45. The first-order valence-electron chi connectivity index (χ1n) is 7.64. The van der Waals surface area contributed by atoms with E-state index in [4.69, 9.17) is 22.3 Å². The predicted molar refractivity (Wildman–Crippen MR) is 108 cm³/mol. The predicted octanol–water partition coefficient (Wildman–Crippen LogP) is 4.54. The molecular weight excluding hydrogens is 347 g/mol. The number of nitrogens with two attached hydrogens (primary N) is 2. The minimum Gasteiger partial charge on any atom is -0.386 e. The SMILES string of the molecule is CC(C)(C)CC(C)(N=NC(C)(CC(C)(C)C)C(=N)N)C(=N)N.Cl.Cl. The van der Waals surface area contributed by atoms with E-state index in [0.717, 1.165) is 0 Å². The van der Waals surface area contributed by atoms with E-state index in [2.05, 4.69) is 51.8 Å². The zero-order valence-corrected chi connectivity index (χ0v) is 17.9. The third-order valence-electron chi connectivity index (χ3n) is 3.40. The molecule has 2 atom stereocenters. The Kier molecular flexibility index (Phi) is 10.5. The number of azo groups is 1. The Hall–Kier alpha value is -0.880. The number of rotatable bonds is 6. The van der Waals surface area contributed by atoms with Crippen molar-refractivity contribution >= 4 is 36.5 Å². The second kappa shape index (κ2) is 8.99. The molecule has 0 radical (unpaired) electrons. The van der Waals surface area contributed by atoms with Gasteiger partial charge in [-0.15, -0.1) is 24.8 Å². The van der Waals surface area contributed by atoms with Gasteiger partial charge in [-0.05, 0) is 37.5 Å². The number of nitrogens with one attached hydrogen (secondary N) is 2. The highest BCUT2D eigenvalue weighted by molar-refractivity contribution is 5.88. The lowest BCUT2D eigenvalue weighted by molar-refractivity contribution is 0.286. The van der Waals surface area contributed by atoms with Crippen molar-refractivity contribution in [1.29, 1.82) is 10.8 Å². The molecular formula is C16H36Cl2N6. The van der Waals surface area contributed by atoms with Gasteiger partial charge in [0.05, 0.1) is 0 Å². The van der Waals surface area contributed by atoms with Gasteiger partial charge in [-0.2, -0.15) is 10.2 Å². The average molecular weight is 383 g/mol. The number of amidine groups is 2. The van der Waals surface area contributed by atoms with Crippen LogP contribution >= 0.6 is 24.8 Å². The monoisotopic (exact) mass is 382 g/mol. The molecule has 0 rings (SSSR count). The maximum atomic E-state index is 7.86. The Balaban J connectivity index is -0.00000220. The molecule has 0 amide bonds. The van der Waals surface area contributed by atoms with Crippen LogP contribution in [0.2, 0.25) is 0 Å². The van der Waals surface area contributed by atoms with Gasteiger partial charge in [0.1, 0.15) is 22.7 Å². The van der Waals surface area contributed by atoms with E-state index < -0.39 is 11.1 Å². The van der Waals surface area contributed by atoms with Crippen LogP contribution in [0.4, 0.5) is 0 Å². The summed E-state index contributed by atoms with van der Waals surface area (Å²) in [6.45, 7) is 16.0. The molecule has 0 heterocycles. The van der Waals surface area contributed by atoms with Crippen molar-refractivity contribution in [3.63, 3.8) is 0 Å². The summed E-state index contributed by atoms with van der Waals surface area (Å²) in [5.74, 6) is -0.0410. The molecule has 0 aliphatic carbocycles. The van der Waals surface area contributed by atoms with Crippen molar-refractivity contribution in [2.75, 3.05) is 0 Å². The lowest BCUT2D eigenvalue weighted by atomic mass is 9.80. The minimum absolute atomic E-state index is 0. The summed E-state index contributed by atoms with van der Waals surface area (Å²) >= 11 is 0. The smallest absolute Gasteiger partial charge is 0.135 e. The van der Waals surface area contributed by atoms with Gasteiger partial charge in [0.25, 0.3) is 0 Å². The van der Waals surface area contributed by atoms with Gasteiger partial charge in [-0.3, -0.25) is 10.8 Å². The Bertz CT molecular complexity index is 422. The van der Waals surface area contributed by atoms with Crippen molar-refractivity contribution in [3.05, 3.63) is 0 Å². The van der Waals surface area contributed by atoms with Crippen LogP contribution in [0.1, 0.15) is 68.2 Å². The van der Waals surface area contributed by atoms with Gasteiger partial charge in [-0.1, -0.05) is 41.5 Å². The molecule has 144 valence electrons. The summed E-state index contributed by atoms with van der Waals surface area (Å²) in [5.41, 5.74) is 9.66. The maximum Gasteiger partial charge on any atom is 0.135 e. The van der Waals surface area contributed by atoms with E-state index in [-0.39, 0.29) is 47.3 Å². The van der Waals surface area contributed by atoms with E-state index in [1.165, 1.54) is 0 Å². The lowest BCUT2D eigenvalue weighted by Gasteiger charge is -2.34. The van der Waals surface area contributed by atoms with Crippen molar-refractivity contribution in [2.24, 2.45) is 32.5 Å². The molecule has 6 nitrogen and oxygen atoms in total. The highest BCUT2D eigenvalue weighted by atomic mass is 35.5. The minimum atomic E-state index is -0.882. The van der Waals surface area contributed by atoms with Crippen LogP contribution in [0, 0.1) is 21.6 Å². The number of halogens is 2. The van der Waals surface area contributed by atoms with Crippen molar-refractivity contribution < 1.29 is 0 Å². The fourth-order valence-corrected chi connectivity index (χ4v) is 2.65. The molecule has 0 aliphatic rings. The fraction of sp³-hybridized carbons (Fsp3) is 0.875. The summed E-state index contributed by atoms with van der Waals surface area (Å²) in [7, 11) is 0. The third-order valence-corrected chi connectivity index (χ3v) is 3.40. The van der Waals surface area contributed by atoms with Gasteiger partial charge in [0.2, 0.25) is 0 Å². The fourth-order valence-electron chi connectivity index (χ4n) is 2.65. The van der Waals surface area contributed by atoms with Gasteiger partial charge >= 0.3 is 0 Å². The van der Waals surface area contributed by atoms with Gasteiger partial charge in [0, 0.05) is 0 Å². The average Bonchev–Trinajstić information content (AvgIpc) is 2.21. The van der Waals surface area contributed by atoms with Crippen LogP contribution in [-0.4, -0.2) is 22.7 Å². The van der Waals surface area contributed by atoms with Crippen LogP contribution in [0.15, 0.2) is 10.2 Å². The molecule has 0 aromatic carbocycles. The van der Waals surface area contributed by atoms with Crippen LogP contribution in [0.3, 0.4) is 0 Å². The molecule has 0 saturated carbocycles. The Labute approximate surface area is 159 Å². The molecule has 0 spiro atoms. The van der Waals surface area contributed by atoms with Gasteiger partial charge in [0.15, 0.2) is 0 Å². The van der Waals surface area contributed by atoms with E-state index >= 15 is 0 Å². The molecule has 0 aromatic rings. The van der Waals surface area contributed by atoms with Crippen LogP contribution in [0.25, 0.3) is 0 Å². The Morgan fingerprint density at radius 1 is 0.667 bits per heavy atom. The van der Waals surface area contributed by atoms with Gasteiger partial charge in [-0.25, -0.2) is 0 Å². The zero-order valence-electron chi connectivity index (χ0n) is 16.3. The molecule has 0 saturated heterocycles. The quantitative estimate of drug-likeness (QED) is 0.305. The molecule has 0 fully saturated rings. The molecule has 8 heteroatoms. The number of nitrogens with zero attached hydrogens (tertiary/aromatic N) is 2. The summed E-state index contributed by atoms with van der Waals surface area (Å²) in [6, 6.07) is 0. The van der Waals surface area contributed by atoms with E-state index in [1.807, 2.05) is 13.8 Å². The Morgan fingerprint density at radius 3 is 1.00 bits per heavy atom. The normalized spacial score (nSPS) is 17.2. The van der Waals surface area contributed by atoms with Gasteiger partial charge < -0.3 is 11.5 Å². The zero-order chi connectivity index (χ0) is 18.0. The number of hydrogen-bond acceptors (Lipinski definition) is 4. The van der Waals surface area contributed by atoms with Crippen LogP contribution in [0.5, 0.6) is 0 Å². The summed E-state index contributed by atoms with van der Waals surface area (Å²) in [6.07, 6.45) is 1.20. The molecule has 24 heavy (non-hydrogen) atoms. The first kappa shape index (κ1) is 27.9. The standard InChI is InChI=1S/C16H34N6.2ClH/c1-13(2,3)9-15(7,11(17)18)21-22-16(8,12(19)20)10-14(4,5)6;;/h9-10H2,1-8H3,(H3,17,18)(H3,19,20);2*1H. The summed E-state index contributed by atoms with van der Waals surface area (Å²) in [5, 5.41) is 24.5. The van der Waals surface area contributed by atoms with Crippen molar-refractivity contribution in [3.8, 4) is 0 Å². The largest absolute Gasteiger partial charge is 0.386 e. The highest BCUT2D eigenvalue weighted by Crippen LogP contribution is 2.34.